The number of benzene rings is 1. The minimum absolute atomic E-state index is 0. The first-order valence-electron chi connectivity index (χ1n) is 5.78. The number of nitrogens with one attached hydrogen (secondary N) is 1. The van der Waals surface area contributed by atoms with Crippen LogP contribution in [0.4, 0.5) is 0 Å². The van der Waals surface area contributed by atoms with Gasteiger partial charge in [-0.25, -0.2) is 0 Å². The van der Waals surface area contributed by atoms with Gasteiger partial charge in [-0.1, -0.05) is 18.2 Å². The van der Waals surface area contributed by atoms with E-state index in [1.807, 2.05) is 18.2 Å². The summed E-state index contributed by atoms with van der Waals surface area (Å²) in [6.07, 6.45) is 0. The summed E-state index contributed by atoms with van der Waals surface area (Å²) in [6.45, 7) is 1.64. The third-order valence-corrected chi connectivity index (χ3v) is 3.56. The smallest absolute Gasteiger partial charge is 0.165 e. The second-order valence-electron chi connectivity index (χ2n) is 3.84. The van der Waals surface area contributed by atoms with Crippen molar-refractivity contribution >= 4 is 23.7 Å². The van der Waals surface area contributed by atoms with Gasteiger partial charge >= 0.3 is 0 Å². The number of halogens is 1. The van der Waals surface area contributed by atoms with E-state index in [2.05, 4.69) is 22.8 Å². The Bertz CT molecular complexity index is 488. The van der Waals surface area contributed by atoms with Gasteiger partial charge in [-0.15, -0.1) is 23.7 Å². The minimum Gasteiger partial charge on any atom is -0.493 e. The molecule has 0 saturated carbocycles. The lowest BCUT2D eigenvalue weighted by molar-refractivity contribution is 0.350. The molecular weight excluding hydrogens is 282 g/mol. The highest BCUT2D eigenvalue weighted by Gasteiger charge is 2.08. The van der Waals surface area contributed by atoms with Crippen LogP contribution in [0.2, 0.25) is 0 Å². The van der Waals surface area contributed by atoms with Gasteiger partial charge in [0, 0.05) is 23.5 Å². The van der Waals surface area contributed by atoms with E-state index >= 15 is 0 Å². The summed E-state index contributed by atoms with van der Waals surface area (Å²) in [6, 6.07) is 10.1. The van der Waals surface area contributed by atoms with Crippen molar-refractivity contribution in [2.45, 2.75) is 13.1 Å². The number of hydrogen-bond acceptors (Lipinski definition) is 4. The lowest BCUT2D eigenvalue weighted by atomic mass is 10.2. The Labute approximate surface area is 124 Å². The maximum Gasteiger partial charge on any atom is 0.165 e. The molecule has 0 fully saturated rings. The first-order valence-corrected chi connectivity index (χ1v) is 6.66. The SMILES string of the molecule is COc1cccc(CNCc2cccs2)c1OC.Cl. The van der Waals surface area contributed by atoms with Crippen molar-refractivity contribution in [2.24, 2.45) is 0 Å². The van der Waals surface area contributed by atoms with Crippen molar-refractivity contribution in [3.05, 3.63) is 46.2 Å². The number of ether oxygens (including phenoxy) is 2. The van der Waals surface area contributed by atoms with Crippen molar-refractivity contribution in [1.82, 2.24) is 5.32 Å². The maximum absolute atomic E-state index is 5.39. The first-order chi connectivity index (χ1) is 8.85. The summed E-state index contributed by atoms with van der Waals surface area (Å²) in [4.78, 5) is 1.33. The van der Waals surface area contributed by atoms with Gasteiger partial charge in [0.1, 0.15) is 0 Å². The number of thiophene rings is 1. The molecule has 2 rings (SSSR count). The lowest BCUT2D eigenvalue weighted by Crippen LogP contribution is -2.12. The van der Waals surface area contributed by atoms with E-state index in [9.17, 15) is 0 Å². The Morgan fingerprint density at radius 1 is 1.05 bits per heavy atom. The average Bonchev–Trinajstić information content (AvgIpc) is 2.91. The maximum atomic E-state index is 5.39. The molecule has 0 unspecified atom stereocenters. The highest BCUT2D eigenvalue weighted by Crippen LogP contribution is 2.30. The molecular formula is C14H18ClNO2S. The van der Waals surface area contributed by atoms with E-state index in [0.717, 1.165) is 30.2 Å². The lowest BCUT2D eigenvalue weighted by Gasteiger charge is -2.12. The van der Waals surface area contributed by atoms with Crippen molar-refractivity contribution in [3.8, 4) is 11.5 Å². The number of methoxy groups -OCH3 is 2. The van der Waals surface area contributed by atoms with Gasteiger partial charge in [-0.2, -0.15) is 0 Å². The second-order valence-corrected chi connectivity index (χ2v) is 4.87. The van der Waals surface area contributed by atoms with E-state index in [1.165, 1.54) is 4.88 Å². The Balaban J connectivity index is 0.00000180. The monoisotopic (exact) mass is 299 g/mol. The summed E-state index contributed by atoms with van der Waals surface area (Å²) >= 11 is 1.76. The number of rotatable bonds is 6. The van der Waals surface area contributed by atoms with E-state index in [1.54, 1.807) is 25.6 Å². The van der Waals surface area contributed by atoms with E-state index < -0.39 is 0 Å². The molecule has 1 aromatic carbocycles. The van der Waals surface area contributed by atoms with Gasteiger partial charge < -0.3 is 14.8 Å². The van der Waals surface area contributed by atoms with Gasteiger partial charge in [-0.3, -0.25) is 0 Å². The van der Waals surface area contributed by atoms with Crippen LogP contribution in [0.3, 0.4) is 0 Å². The normalized spacial score (nSPS) is 9.79. The Morgan fingerprint density at radius 3 is 2.53 bits per heavy atom. The number of hydrogen-bond donors (Lipinski definition) is 1. The van der Waals surface area contributed by atoms with Crippen LogP contribution >= 0.6 is 23.7 Å². The van der Waals surface area contributed by atoms with Crippen LogP contribution in [0.15, 0.2) is 35.7 Å². The van der Waals surface area contributed by atoms with Crippen LogP contribution in [0.5, 0.6) is 11.5 Å². The molecule has 2 aromatic rings. The summed E-state index contributed by atoms with van der Waals surface area (Å²) in [7, 11) is 3.32. The molecule has 19 heavy (non-hydrogen) atoms. The molecule has 3 nitrogen and oxygen atoms in total. The largest absolute Gasteiger partial charge is 0.493 e. The van der Waals surface area contributed by atoms with Crippen LogP contribution in [0, 0.1) is 0 Å². The molecule has 0 radical (unpaired) electrons. The highest BCUT2D eigenvalue weighted by molar-refractivity contribution is 7.09. The summed E-state index contributed by atoms with van der Waals surface area (Å²) in [5, 5.41) is 5.49. The van der Waals surface area contributed by atoms with Crippen LogP contribution in [-0.4, -0.2) is 14.2 Å². The Hall–Kier alpha value is -1.23. The zero-order valence-corrected chi connectivity index (χ0v) is 12.6. The third kappa shape index (κ3) is 4.13. The fourth-order valence-corrected chi connectivity index (χ4v) is 2.50. The van der Waals surface area contributed by atoms with E-state index in [-0.39, 0.29) is 12.4 Å². The molecule has 0 aliphatic carbocycles. The van der Waals surface area contributed by atoms with Gasteiger partial charge in [-0.05, 0) is 17.5 Å². The highest BCUT2D eigenvalue weighted by atomic mass is 35.5. The number of para-hydroxylation sites is 1. The zero-order chi connectivity index (χ0) is 12.8. The fraction of sp³-hybridized carbons (Fsp3) is 0.286. The summed E-state index contributed by atoms with van der Waals surface area (Å²) < 4.78 is 10.7. The molecule has 0 aliphatic heterocycles. The van der Waals surface area contributed by atoms with Crippen LogP contribution in [-0.2, 0) is 13.1 Å². The molecule has 0 spiro atoms. The van der Waals surface area contributed by atoms with Crippen molar-refractivity contribution in [1.29, 1.82) is 0 Å². The molecule has 1 N–H and O–H groups in total. The van der Waals surface area contributed by atoms with Gasteiger partial charge in [0.2, 0.25) is 0 Å². The van der Waals surface area contributed by atoms with Crippen molar-refractivity contribution in [3.63, 3.8) is 0 Å². The Kier molecular flexibility index (Phi) is 6.70. The second kappa shape index (κ2) is 8.04. The molecule has 0 saturated heterocycles. The fourth-order valence-electron chi connectivity index (χ4n) is 1.83. The molecule has 0 atom stereocenters. The third-order valence-electron chi connectivity index (χ3n) is 2.68. The first kappa shape index (κ1) is 15.8. The van der Waals surface area contributed by atoms with Crippen LogP contribution in [0.1, 0.15) is 10.4 Å². The molecule has 0 bridgehead atoms. The Morgan fingerprint density at radius 2 is 1.89 bits per heavy atom. The molecule has 0 amide bonds. The van der Waals surface area contributed by atoms with E-state index in [0.29, 0.717) is 0 Å². The van der Waals surface area contributed by atoms with E-state index in [4.69, 9.17) is 9.47 Å². The van der Waals surface area contributed by atoms with Crippen molar-refractivity contribution < 1.29 is 9.47 Å². The summed E-state index contributed by atoms with van der Waals surface area (Å²) in [5.74, 6) is 1.58. The topological polar surface area (TPSA) is 30.5 Å². The van der Waals surface area contributed by atoms with Gasteiger partial charge in [0.05, 0.1) is 14.2 Å². The van der Waals surface area contributed by atoms with Crippen LogP contribution in [0.25, 0.3) is 0 Å². The molecule has 5 heteroatoms. The molecule has 1 aromatic heterocycles. The van der Waals surface area contributed by atoms with Crippen LogP contribution < -0.4 is 14.8 Å². The predicted molar refractivity (Wildman–Crippen MR) is 81.7 cm³/mol. The molecule has 1 heterocycles. The zero-order valence-electron chi connectivity index (χ0n) is 11.0. The standard InChI is InChI=1S/C14H17NO2S.ClH/c1-16-13-7-3-5-11(14(13)17-2)9-15-10-12-6-4-8-18-12;/h3-8,15H,9-10H2,1-2H3;1H. The van der Waals surface area contributed by atoms with Gasteiger partial charge in [0.25, 0.3) is 0 Å². The molecule has 0 aliphatic rings. The predicted octanol–water partition coefficient (Wildman–Crippen LogP) is 3.48. The minimum atomic E-state index is 0. The summed E-state index contributed by atoms with van der Waals surface area (Å²) in [5.41, 5.74) is 1.11. The van der Waals surface area contributed by atoms with Crippen molar-refractivity contribution in [2.75, 3.05) is 14.2 Å². The van der Waals surface area contributed by atoms with Gasteiger partial charge in [0.15, 0.2) is 11.5 Å². The molecule has 104 valence electrons. The average molecular weight is 300 g/mol. The quantitative estimate of drug-likeness (QED) is 0.886.